The number of carbonyl (C=O) groups excluding carboxylic acids is 1. The van der Waals surface area contributed by atoms with Crippen LogP contribution in [0.25, 0.3) is 0 Å². The molecule has 6 nitrogen and oxygen atoms in total. The molecule has 4 rings (SSSR count). The number of rotatable bonds is 2. The third kappa shape index (κ3) is 3.56. The number of ether oxygens (including phenoxy) is 1. The summed E-state index contributed by atoms with van der Waals surface area (Å²) in [5.74, 6) is -0.0604. The molecule has 1 amide bonds. The number of hydrogen-bond donors (Lipinski definition) is 1. The topological polar surface area (TPSA) is 78.5 Å². The first kappa shape index (κ1) is 18.7. The minimum Gasteiger partial charge on any atom is -0.393 e. The van der Waals surface area contributed by atoms with Gasteiger partial charge in [0.05, 0.1) is 23.4 Å². The molecule has 1 aromatic heterocycles. The number of amides is 1. The van der Waals surface area contributed by atoms with Crippen molar-refractivity contribution in [3.63, 3.8) is 0 Å². The van der Waals surface area contributed by atoms with E-state index in [2.05, 4.69) is 6.07 Å². The van der Waals surface area contributed by atoms with Crippen LogP contribution in [0.3, 0.4) is 0 Å². The van der Waals surface area contributed by atoms with Crippen molar-refractivity contribution in [3.05, 3.63) is 59.4 Å². The first-order chi connectivity index (χ1) is 13.5. The van der Waals surface area contributed by atoms with Crippen molar-refractivity contribution in [3.8, 4) is 6.07 Å². The number of carbonyl (C=O) groups is 1. The second-order valence-corrected chi connectivity index (χ2v) is 7.92. The van der Waals surface area contributed by atoms with Gasteiger partial charge in [0.2, 0.25) is 0 Å². The second kappa shape index (κ2) is 7.42. The summed E-state index contributed by atoms with van der Waals surface area (Å²) in [7, 11) is 1.78. The molecular formula is C22H25N3O3. The van der Waals surface area contributed by atoms with Crippen molar-refractivity contribution in [2.75, 3.05) is 13.1 Å². The van der Waals surface area contributed by atoms with Crippen LogP contribution in [-0.2, 0) is 11.8 Å². The number of piperidine rings is 1. The Bertz CT molecular complexity index is 891. The van der Waals surface area contributed by atoms with E-state index in [4.69, 9.17) is 10.00 Å². The molecule has 1 aromatic carbocycles. The van der Waals surface area contributed by atoms with Gasteiger partial charge in [-0.2, -0.15) is 5.26 Å². The van der Waals surface area contributed by atoms with E-state index in [1.165, 1.54) is 0 Å². The zero-order valence-corrected chi connectivity index (χ0v) is 16.0. The van der Waals surface area contributed by atoms with Crippen LogP contribution in [0.1, 0.15) is 53.4 Å². The van der Waals surface area contributed by atoms with Gasteiger partial charge < -0.3 is 19.3 Å². The molecule has 3 heterocycles. The molecule has 2 fully saturated rings. The number of aromatic nitrogens is 1. The molecule has 2 aliphatic rings. The van der Waals surface area contributed by atoms with E-state index in [-0.39, 0.29) is 17.6 Å². The van der Waals surface area contributed by atoms with Gasteiger partial charge in [0.1, 0.15) is 11.8 Å². The number of likely N-dealkylation sites (tertiary alicyclic amines) is 1. The zero-order chi connectivity index (χ0) is 19.7. The predicted molar refractivity (Wildman–Crippen MR) is 104 cm³/mol. The van der Waals surface area contributed by atoms with Crippen LogP contribution in [0, 0.1) is 11.3 Å². The van der Waals surface area contributed by atoms with Gasteiger partial charge in [-0.25, -0.2) is 0 Å². The summed E-state index contributed by atoms with van der Waals surface area (Å²) < 4.78 is 8.21. The minimum absolute atomic E-state index is 0.0604. The van der Waals surface area contributed by atoms with Crippen molar-refractivity contribution >= 4 is 5.91 Å². The molecule has 2 aliphatic heterocycles. The van der Waals surface area contributed by atoms with Gasteiger partial charge in [-0.05, 0) is 24.5 Å². The number of aliphatic hydroxyl groups is 1. The van der Waals surface area contributed by atoms with Crippen LogP contribution in [0.4, 0.5) is 0 Å². The summed E-state index contributed by atoms with van der Waals surface area (Å²) in [5, 5.41) is 19.5. The van der Waals surface area contributed by atoms with Crippen LogP contribution in [-0.4, -0.2) is 45.3 Å². The summed E-state index contributed by atoms with van der Waals surface area (Å²) >= 11 is 0. The Morgan fingerprint density at radius 3 is 2.64 bits per heavy atom. The Morgan fingerprint density at radius 1 is 1.29 bits per heavy atom. The smallest absolute Gasteiger partial charge is 0.270 e. The first-order valence-corrected chi connectivity index (χ1v) is 9.76. The number of aryl methyl sites for hydroxylation is 1. The average Bonchev–Trinajstić information content (AvgIpc) is 3.09. The third-order valence-corrected chi connectivity index (χ3v) is 5.97. The Labute approximate surface area is 164 Å². The second-order valence-electron chi connectivity index (χ2n) is 7.92. The summed E-state index contributed by atoms with van der Waals surface area (Å²) in [5.41, 5.74) is 1.72. The van der Waals surface area contributed by atoms with Crippen molar-refractivity contribution < 1.29 is 14.6 Å². The molecule has 146 valence electrons. The van der Waals surface area contributed by atoms with Gasteiger partial charge in [-0.3, -0.25) is 4.79 Å². The Hall–Kier alpha value is -2.62. The molecule has 0 unspecified atom stereocenters. The molecule has 0 aliphatic carbocycles. The van der Waals surface area contributed by atoms with E-state index in [0.717, 1.165) is 5.56 Å². The standard InChI is InChI=1S/C22H25N3O3/c1-24-15-16(14-23)11-19(24)21(27)25-9-7-22(8-10-25)13-18(26)12-20(28-22)17-5-3-2-4-6-17/h2-6,11,15,18,20,26H,7-10,12-13H2,1H3/t18-,20-/m1/s1. The lowest BCUT2D eigenvalue weighted by Gasteiger charge is -2.48. The van der Waals surface area contributed by atoms with Gasteiger partial charge in [-0.15, -0.1) is 0 Å². The Balaban J connectivity index is 1.46. The van der Waals surface area contributed by atoms with E-state index in [1.54, 1.807) is 23.9 Å². The summed E-state index contributed by atoms with van der Waals surface area (Å²) in [6.07, 6.45) is 3.79. The van der Waals surface area contributed by atoms with Crippen LogP contribution < -0.4 is 0 Å². The molecule has 1 spiro atoms. The maximum absolute atomic E-state index is 12.9. The molecule has 2 saturated heterocycles. The van der Waals surface area contributed by atoms with Crippen LogP contribution in [0.15, 0.2) is 42.6 Å². The highest BCUT2D eigenvalue weighted by atomic mass is 16.5. The fourth-order valence-electron chi connectivity index (χ4n) is 4.47. The monoisotopic (exact) mass is 379 g/mol. The van der Waals surface area contributed by atoms with Crippen molar-refractivity contribution in [2.45, 2.75) is 43.5 Å². The first-order valence-electron chi connectivity index (χ1n) is 9.76. The van der Waals surface area contributed by atoms with E-state index >= 15 is 0 Å². The number of hydrogen-bond acceptors (Lipinski definition) is 4. The molecule has 2 atom stereocenters. The highest BCUT2D eigenvalue weighted by Gasteiger charge is 2.44. The predicted octanol–water partition coefficient (Wildman–Crippen LogP) is 2.78. The highest BCUT2D eigenvalue weighted by molar-refractivity contribution is 5.93. The Morgan fingerprint density at radius 2 is 2.00 bits per heavy atom. The van der Waals surface area contributed by atoms with E-state index in [0.29, 0.717) is 50.0 Å². The lowest BCUT2D eigenvalue weighted by Crippen LogP contribution is -2.52. The number of nitrogens with zero attached hydrogens (tertiary/aromatic N) is 3. The van der Waals surface area contributed by atoms with Gasteiger partial charge in [0.25, 0.3) is 5.91 Å². The van der Waals surface area contributed by atoms with Crippen LogP contribution in [0.2, 0.25) is 0 Å². The molecule has 0 bridgehead atoms. The van der Waals surface area contributed by atoms with Gasteiger partial charge in [0.15, 0.2) is 0 Å². The minimum atomic E-state index is -0.396. The van der Waals surface area contributed by atoms with Crippen molar-refractivity contribution in [1.82, 2.24) is 9.47 Å². The third-order valence-electron chi connectivity index (χ3n) is 5.97. The lowest BCUT2D eigenvalue weighted by atomic mass is 9.81. The molecule has 28 heavy (non-hydrogen) atoms. The number of nitriles is 1. The maximum atomic E-state index is 12.9. The fourth-order valence-corrected chi connectivity index (χ4v) is 4.47. The van der Waals surface area contributed by atoms with Crippen molar-refractivity contribution in [2.24, 2.45) is 7.05 Å². The van der Waals surface area contributed by atoms with Gasteiger partial charge in [0, 0.05) is 39.2 Å². The van der Waals surface area contributed by atoms with E-state index in [1.807, 2.05) is 35.2 Å². The van der Waals surface area contributed by atoms with Crippen LogP contribution in [0.5, 0.6) is 0 Å². The van der Waals surface area contributed by atoms with Gasteiger partial charge in [-0.1, -0.05) is 30.3 Å². The Kier molecular flexibility index (Phi) is 4.96. The van der Waals surface area contributed by atoms with Gasteiger partial charge >= 0.3 is 0 Å². The molecule has 0 saturated carbocycles. The van der Waals surface area contributed by atoms with Crippen LogP contribution >= 0.6 is 0 Å². The molecular weight excluding hydrogens is 354 g/mol. The maximum Gasteiger partial charge on any atom is 0.270 e. The largest absolute Gasteiger partial charge is 0.393 e. The summed E-state index contributed by atoms with van der Waals surface area (Å²) in [6.45, 7) is 1.17. The lowest BCUT2D eigenvalue weighted by molar-refractivity contribution is -0.181. The van der Waals surface area contributed by atoms with Crippen molar-refractivity contribution in [1.29, 1.82) is 5.26 Å². The molecule has 1 N–H and O–H groups in total. The molecule has 2 aromatic rings. The number of benzene rings is 1. The highest BCUT2D eigenvalue weighted by Crippen LogP contribution is 2.43. The summed E-state index contributed by atoms with van der Waals surface area (Å²) in [6, 6.07) is 13.7. The average molecular weight is 379 g/mol. The SMILES string of the molecule is Cn1cc(C#N)cc1C(=O)N1CCC2(CC1)C[C@H](O)C[C@H](c1ccccc1)O2. The number of aliphatic hydroxyl groups excluding tert-OH is 1. The fraction of sp³-hybridized carbons (Fsp3) is 0.455. The van der Waals surface area contributed by atoms with E-state index in [9.17, 15) is 9.90 Å². The quantitative estimate of drug-likeness (QED) is 0.870. The molecule has 6 heteroatoms. The normalized spacial score (nSPS) is 24.1. The van der Waals surface area contributed by atoms with E-state index < -0.39 is 6.10 Å². The zero-order valence-electron chi connectivity index (χ0n) is 16.0. The summed E-state index contributed by atoms with van der Waals surface area (Å²) in [4.78, 5) is 14.7. The molecule has 0 radical (unpaired) electrons.